The van der Waals surface area contributed by atoms with E-state index in [2.05, 4.69) is 5.32 Å². The van der Waals surface area contributed by atoms with Crippen LogP contribution in [0.2, 0.25) is 5.02 Å². The molecule has 3 aromatic carbocycles. The number of nitrogens with one attached hydrogen (secondary N) is 1. The van der Waals surface area contributed by atoms with Gasteiger partial charge in [0, 0.05) is 21.7 Å². The van der Waals surface area contributed by atoms with Crippen molar-refractivity contribution >= 4 is 34.2 Å². The lowest BCUT2D eigenvalue weighted by Gasteiger charge is -2.21. The molecule has 8 heteroatoms. The normalized spacial score (nSPS) is 11.9. The zero-order chi connectivity index (χ0) is 27.8. The van der Waals surface area contributed by atoms with E-state index in [1.165, 1.54) is 36.4 Å². The molecule has 4 aromatic rings. The zero-order valence-corrected chi connectivity index (χ0v) is 22.1. The standard InChI is InChI=1S/C30H27ClF3NO3/c1-16(2)19-9-7-10-20(17(3)4)28(19)35-26(36)15-23-27(21-8-5-6-11-24(21)30(32,33)34)22-14-18(31)12-13-25(22)38-29(23)37/h5-14,16-17H,15H2,1-4H3,(H,35,36). The van der Waals surface area contributed by atoms with Crippen LogP contribution in [-0.4, -0.2) is 5.91 Å². The quantitative estimate of drug-likeness (QED) is 0.249. The van der Waals surface area contributed by atoms with E-state index in [4.69, 9.17) is 16.0 Å². The fourth-order valence-corrected chi connectivity index (χ4v) is 4.84. The Morgan fingerprint density at radius 1 is 0.947 bits per heavy atom. The maximum Gasteiger partial charge on any atom is 0.417 e. The van der Waals surface area contributed by atoms with E-state index in [0.29, 0.717) is 5.69 Å². The highest BCUT2D eigenvalue weighted by molar-refractivity contribution is 6.31. The van der Waals surface area contributed by atoms with Crippen molar-refractivity contribution in [2.45, 2.75) is 52.1 Å². The number of carbonyl (C=O) groups is 1. The predicted molar refractivity (Wildman–Crippen MR) is 145 cm³/mol. The van der Waals surface area contributed by atoms with Crippen LogP contribution in [0.1, 0.15) is 61.8 Å². The van der Waals surface area contributed by atoms with Gasteiger partial charge in [-0.05, 0) is 52.8 Å². The number of amides is 1. The first-order chi connectivity index (χ1) is 17.9. The van der Waals surface area contributed by atoms with Gasteiger partial charge in [0.15, 0.2) is 0 Å². The van der Waals surface area contributed by atoms with Crippen LogP contribution in [0.15, 0.2) is 69.9 Å². The number of hydrogen-bond acceptors (Lipinski definition) is 3. The molecular weight excluding hydrogens is 515 g/mol. The maximum absolute atomic E-state index is 14.0. The molecule has 198 valence electrons. The number of anilines is 1. The fraction of sp³-hybridized carbons (Fsp3) is 0.267. The molecule has 0 aliphatic rings. The molecule has 4 nitrogen and oxygen atoms in total. The largest absolute Gasteiger partial charge is 0.422 e. The van der Waals surface area contributed by atoms with Crippen LogP contribution in [0.25, 0.3) is 22.1 Å². The molecule has 1 heterocycles. The molecule has 0 fully saturated rings. The van der Waals surface area contributed by atoms with Gasteiger partial charge in [0.1, 0.15) is 5.58 Å². The average Bonchev–Trinajstić information content (AvgIpc) is 2.84. The highest BCUT2D eigenvalue weighted by Crippen LogP contribution is 2.41. The fourth-order valence-electron chi connectivity index (χ4n) is 4.67. The topological polar surface area (TPSA) is 59.3 Å². The smallest absolute Gasteiger partial charge is 0.417 e. The lowest BCUT2D eigenvalue weighted by molar-refractivity contribution is -0.137. The Labute approximate surface area is 223 Å². The van der Waals surface area contributed by atoms with E-state index in [1.54, 1.807) is 0 Å². The Bertz CT molecular complexity index is 1550. The summed E-state index contributed by atoms with van der Waals surface area (Å²) >= 11 is 6.19. The van der Waals surface area contributed by atoms with Crippen molar-refractivity contribution in [1.82, 2.24) is 0 Å². The third-order valence-electron chi connectivity index (χ3n) is 6.44. The number of carbonyl (C=O) groups excluding carboxylic acids is 1. The van der Waals surface area contributed by atoms with Crippen LogP contribution >= 0.6 is 11.6 Å². The van der Waals surface area contributed by atoms with Crippen molar-refractivity contribution in [3.05, 3.63) is 98.4 Å². The second-order valence-electron chi connectivity index (χ2n) is 9.77. The van der Waals surface area contributed by atoms with Gasteiger partial charge in [0.25, 0.3) is 0 Å². The van der Waals surface area contributed by atoms with Crippen molar-refractivity contribution in [3.63, 3.8) is 0 Å². The number of fused-ring (bicyclic) bond motifs is 1. The van der Waals surface area contributed by atoms with Crippen molar-refractivity contribution in [2.24, 2.45) is 0 Å². The van der Waals surface area contributed by atoms with Crippen molar-refractivity contribution in [2.75, 3.05) is 5.32 Å². The van der Waals surface area contributed by atoms with E-state index in [1.807, 2.05) is 45.9 Å². The van der Waals surface area contributed by atoms with Gasteiger partial charge in [-0.2, -0.15) is 13.2 Å². The second-order valence-corrected chi connectivity index (χ2v) is 10.2. The van der Waals surface area contributed by atoms with E-state index >= 15 is 0 Å². The van der Waals surface area contributed by atoms with E-state index in [0.717, 1.165) is 17.2 Å². The monoisotopic (exact) mass is 541 g/mol. The second kappa shape index (κ2) is 10.7. The maximum atomic E-state index is 14.0. The van der Waals surface area contributed by atoms with Crippen LogP contribution in [0.5, 0.6) is 0 Å². The third kappa shape index (κ3) is 5.48. The number of para-hydroxylation sites is 1. The summed E-state index contributed by atoms with van der Waals surface area (Å²) in [4.78, 5) is 26.6. The first-order valence-corrected chi connectivity index (χ1v) is 12.6. The van der Waals surface area contributed by atoms with Crippen LogP contribution in [0, 0.1) is 0 Å². The highest BCUT2D eigenvalue weighted by atomic mass is 35.5. The molecule has 0 aliphatic carbocycles. The Hall–Kier alpha value is -3.58. The van der Waals surface area contributed by atoms with E-state index in [-0.39, 0.29) is 44.5 Å². The summed E-state index contributed by atoms with van der Waals surface area (Å²) in [6.45, 7) is 8.01. The molecule has 0 saturated heterocycles. The summed E-state index contributed by atoms with van der Waals surface area (Å²) in [6.07, 6.45) is -5.18. The summed E-state index contributed by atoms with van der Waals surface area (Å²) in [5.41, 5.74) is 0.312. The number of benzene rings is 3. The number of hydrogen-bond donors (Lipinski definition) is 1. The van der Waals surface area contributed by atoms with Gasteiger partial charge in [-0.3, -0.25) is 4.79 Å². The number of halogens is 4. The van der Waals surface area contributed by atoms with Gasteiger partial charge in [0.05, 0.1) is 17.5 Å². The minimum atomic E-state index is -4.70. The van der Waals surface area contributed by atoms with Crippen LogP contribution in [-0.2, 0) is 17.4 Å². The zero-order valence-electron chi connectivity index (χ0n) is 21.4. The molecular formula is C30H27ClF3NO3. The average molecular weight is 542 g/mol. The minimum absolute atomic E-state index is 0.0250. The Morgan fingerprint density at radius 2 is 1.58 bits per heavy atom. The molecule has 0 bridgehead atoms. The lowest BCUT2D eigenvalue weighted by atomic mass is 9.91. The molecule has 1 N–H and O–H groups in total. The number of alkyl halides is 3. The minimum Gasteiger partial charge on any atom is -0.422 e. The molecule has 0 radical (unpaired) electrons. The Morgan fingerprint density at radius 3 is 2.18 bits per heavy atom. The molecule has 0 saturated carbocycles. The Kier molecular flexibility index (Phi) is 7.70. The van der Waals surface area contributed by atoms with Crippen LogP contribution in [0.4, 0.5) is 18.9 Å². The highest BCUT2D eigenvalue weighted by Gasteiger charge is 2.35. The summed E-state index contributed by atoms with van der Waals surface area (Å²) in [5.74, 6) is -0.336. The van der Waals surface area contributed by atoms with Gasteiger partial charge in [-0.15, -0.1) is 0 Å². The van der Waals surface area contributed by atoms with Crippen LogP contribution < -0.4 is 10.9 Å². The molecule has 1 aromatic heterocycles. The third-order valence-corrected chi connectivity index (χ3v) is 6.67. The summed E-state index contributed by atoms with van der Waals surface area (Å²) in [6, 6.07) is 15.1. The SMILES string of the molecule is CC(C)c1cccc(C(C)C)c1NC(=O)Cc1c(-c2ccccc2C(F)(F)F)c2cc(Cl)ccc2oc1=O. The first-order valence-electron chi connectivity index (χ1n) is 12.2. The molecule has 0 aliphatic heterocycles. The van der Waals surface area contributed by atoms with Gasteiger partial charge >= 0.3 is 11.8 Å². The van der Waals surface area contributed by atoms with Crippen molar-refractivity contribution < 1.29 is 22.4 Å². The molecule has 38 heavy (non-hydrogen) atoms. The van der Waals surface area contributed by atoms with E-state index < -0.39 is 29.7 Å². The number of rotatable bonds is 6. The molecule has 4 rings (SSSR count). The molecule has 0 spiro atoms. The van der Waals surface area contributed by atoms with Crippen LogP contribution in [0.3, 0.4) is 0 Å². The molecule has 0 unspecified atom stereocenters. The van der Waals surface area contributed by atoms with Gasteiger partial charge in [-0.1, -0.05) is 75.7 Å². The van der Waals surface area contributed by atoms with Crippen molar-refractivity contribution in [3.8, 4) is 11.1 Å². The van der Waals surface area contributed by atoms with E-state index in [9.17, 15) is 22.8 Å². The summed E-state index contributed by atoms with van der Waals surface area (Å²) in [5, 5.41) is 3.39. The van der Waals surface area contributed by atoms with Gasteiger partial charge < -0.3 is 9.73 Å². The molecule has 1 amide bonds. The first kappa shape index (κ1) is 27.5. The summed E-state index contributed by atoms with van der Waals surface area (Å²) in [7, 11) is 0. The van der Waals surface area contributed by atoms with Gasteiger partial charge in [0.2, 0.25) is 5.91 Å². The Balaban J connectivity index is 1.91. The predicted octanol–water partition coefficient (Wildman–Crippen LogP) is 8.56. The van der Waals surface area contributed by atoms with Gasteiger partial charge in [-0.25, -0.2) is 4.79 Å². The summed E-state index contributed by atoms with van der Waals surface area (Å²) < 4.78 is 47.5. The molecule has 0 atom stereocenters. The van der Waals surface area contributed by atoms with Crippen molar-refractivity contribution in [1.29, 1.82) is 0 Å². The lowest BCUT2D eigenvalue weighted by Crippen LogP contribution is -2.22.